The first-order chi connectivity index (χ1) is 9.85. The molecule has 3 rings (SSSR count). The summed E-state index contributed by atoms with van der Waals surface area (Å²) in [7, 11) is 0. The van der Waals surface area contributed by atoms with E-state index < -0.39 is 0 Å². The van der Waals surface area contributed by atoms with Crippen LogP contribution in [-0.2, 0) is 13.2 Å². The lowest BCUT2D eigenvalue weighted by Crippen LogP contribution is -2.11. The molecule has 1 saturated carbocycles. The second-order valence-corrected chi connectivity index (χ2v) is 5.03. The van der Waals surface area contributed by atoms with Gasteiger partial charge in [-0.15, -0.1) is 0 Å². The summed E-state index contributed by atoms with van der Waals surface area (Å²) in [6.45, 7) is 4.27. The molecule has 1 heterocycles. The number of ether oxygens (including phenoxy) is 1. The maximum Gasteiger partial charge on any atom is 0.264 e. The molecule has 1 aliphatic rings. The van der Waals surface area contributed by atoms with Gasteiger partial charge in [0.2, 0.25) is 0 Å². The molecule has 0 aliphatic heterocycles. The van der Waals surface area contributed by atoms with Gasteiger partial charge in [-0.3, -0.25) is 0 Å². The van der Waals surface area contributed by atoms with Crippen molar-refractivity contribution in [3.05, 3.63) is 41.5 Å². The molecule has 5 nitrogen and oxygen atoms in total. The first-order valence-corrected chi connectivity index (χ1v) is 7.10. The third-order valence-electron chi connectivity index (χ3n) is 3.29. The quantitative estimate of drug-likeness (QED) is 0.840. The van der Waals surface area contributed by atoms with Crippen molar-refractivity contribution in [2.24, 2.45) is 0 Å². The van der Waals surface area contributed by atoms with Crippen LogP contribution in [0.1, 0.15) is 43.0 Å². The number of nitrogens with one attached hydrogen (secondary N) is 1. The standard InChI is InChI=1S/C15H19N3O2/c1-2-16-9-11-3-7-13(8-4-11)19-10-14-17-15(18-20-14)12-5-6-12/h3-4,7-8,12,16H,2,5-6,9-10H2,1H3. The van der Waals surface area contributed by atoms with Crippen LogP contribution in [0.3, 0.4) is 0 Å². The molecular weight excluding hydrogens is 254 g/mol. The van der Waals surface area contributed by atoms with Crippen molar-refractivity contribution in [1.29, 1.82) is 0 Å². The van der Waals surface area contributed by atoms with Gasteiger partial charge in [0.1, 0.15) is 5.75 Å². The normalized spacial score (nSPS) is 14.4. The highest BCUT2D eigenvalue weighted by Gasteiger charge is 2.28. The van der Waals surface area contributed by atoms with Crippen molar-refractivity contribution < 1.29 is 9.26 Å². The van der Waals surface area contributed by atoms with Gasteiger partial charge in [0.05, 0.1) is 0 Å². The first kappa shape index (κ1) is 13.1. The SMILES string of the molecule is CCNCc1ccc(OCc2nc(C3CC3)no2)cc1. The number of benzene rings is 1. The minimum Gasteiger partial charge on any atom is -0.484 e. The number of hydrogen-bond donors (Lipinski definition) is 1. The molecule has 20 heavy (non-hydrogen) atoms. The summed E-state index contributed by atoms with van der Waals surface area (Å²) in [6.07, 6.45) is 2.35. The van der Waals surface area contributed by atoms with Crippen molar-refractivity contribution in [2.45, 2.75) is 38.8 Å². The van der Waals surface area contributed by atoms with E-state index in [0.29, 0.717) is 18.4 Å². The van der Waals surface area contributed by atoms with Crippen LogP contribution in [0.2, 0.25) is 0 Å². The fourth-order valence-electron chi connectivity index (χ4n) is 1.95. The zero-order valence-corrected chi connectivity index (χ0v) is 11.6. The third-order valence-corrected chi connectivity index (χ3v) is 3.29. The van der Waals surface area contributed by atoms with Crippen molar-refractivity contribution in [3.8, 4) is 5.75 Å². The Morgan fingerprint density at radius 1 is 1.30 bits per heavy atom. The van der Waals surface area contributed by atoms with Crippen molar-refractivity contribution in [1.82, 2.24) is 15.5 Å². The molecule has 1 aliphatic carbocycles. The molecule has 1 aromatic carbocycles. The van der Waals surface area contributed by atoms with E-state index in [0.717, 1.165) is 24.7 Å². The van der Waals surface area contributed by atoms with Gasteiger partial charge in [-0.25, -0.2) is 0 Å². The molecular formula is C15H19N3O2. The van der Waals surface area contributed by atoms with Crippen LogP contribution in [0.5, 0.6) is 5.75 Å². The molecule has 0 bridgehead atoms. The molecule has 5 heteroatoms. The van der Waals surface area contributed by atoms with E-state index in [4.69, 9.17) is 9.26 Å². The van der Waals surface area contributed by atoms with Crippen LogP contribution < -0.4 is 10.1 Å². The highest BCUT2D eigenvalue weighted by Crippen LogP contribution is 2.38. The summed E-state index contributed by atoms with van der Waals surface area (Å²) in [5.41, 5.74) is 1.24. The predicted octanol–water partition coefficient (Wildman–Crippen LogP) is 2.64. The van der Waals surface area contributed by atoms with Gasteiger partial charge in [0.25, 0.3) is 5.89 Å². The zero-order valence-electron chi connectivity index (χ0n) is 11.6. The lowest BCUT2D eigenvalue weighted by Gasteiger charge is -2.05. The highest BCUT2D eigenvalue weighted by molar-refractivity contribution is 5.27. The van der Waals surface area contributed by atoms with E-state index in [1.54, 1.807) is 0 Å². The van der Waals surface area contributed by atoms with Crippen LogP contribution in [0.15, 0.2) is 28.8 Å². The van der Waals surface area contributed by atoms with Crippen molar-refractivity contribution in [3.63, 3.8) is 0 Å². The minimum absolute atomic E-state index is 0.326. The zero-order chi connectivity index (χ0) is 13.8. The van der Waals surface area contributed by atoms with E-state index in [9.17, 15) is 0 Å². The predicted molar refractivity (Wildman–Crippen MR) is 74.4 cm³/mol. The average Bonchev–Trinajstić information content (AvgIpc) is 3.23. The second-order valence-electron chi connectivity index (χ2n) is 5.03. The first-order valence-electron chi connectivity index (χ1n) is 7.10. The Morgan fingerprint density at radius 3 is 2.80 bits per heavy atom. The van der Waals surface area contributed by atoms with Crippen molar-refractivity contribution in [2.75, 3.05) is 6.54 Å². The van der Waals surface area contributed by atoms with E-state index in [1.807, 2.05) is 12.1 Å². The lowest BCUT2D eigenvalue weighted by molar-refractivity contribution is 0.242. The molecule has 106 valence electrons. The average molecular weight is 273 g/mol. The fraction of sp³-hybridized carbons (Fsp3) is 0.467. The van der Waals surface area contributed by atoms with Crippen LogP contribution >= 0.6 is 0 Å². The van der Waals surface area contributed by atoms with Gasteiger partial charge in [-0.05, 0) is 37.1 Å². The molecule has 0 radical (unpaired) electrons. The number of rotatable bonds is 7. The molecule has 0 saturated heterocycles. The maximum atomic E-state index is 5.65. The Labute approximate surface area is 118 Å². The Kier molecular flexibility index (Phi) is 3.97. The molecule has 1 N–H and O–H groups in total. The van der Waals surface area contributed by atoms with E-state index >= 15 is 0 Å². The fourth-order valence-corrected chi connectivity index (χ4v) is 1.95. The summed E-state index contributed by atoms with van der Waals surface area (Å²) >= 11 is 0. The van der Waals surface area contributed by atoms with E-state index in [2.05, 4.69) is 34.5 Å². The lowest BCUT2D eigenvalue weighted by atomic mass is 10.2. The summed E-state index contributed by atoms with van der Waals surface area (Å²) < 4.78 is 10.8. The molecule has 0 amide bonds. The molecule has 1 fully saturated rings. The molecule has 0 atom stereocenters. The Balaban J connectivity index is 1.51. The maximum absolute atomic E-state index is 5.65. The number of aromatic nitrogens is 2. The van der Waals surface area contributed by atoms with Gasteiger partial charge in [0.15, 0.2) is 12.4 Å². The number of hydrogen-bond acceptors (Lipinski definition) is 5. The van der Waals surface area contributed by atoms with Gasteiger partial charge in [-0.2, -0.15) is 4.98 Å². The van der Waals surface area contributed by atoms with Crippen LogP contribution in [0, 0.1) is 0 Å². The van der Waals surface area contributed by atoms with Crippen LogP contribution in [-0.4, -0.2) is 16.7 Å². The summed E-state index contributed by atoms with van der Waals surface area (Å²) in [4.78, 5) is 4.33. The minimum atomic E-state index is 0.326. The Hall–Kier alpha value is -1.88. The molecule has 0 unspecified atom stereocenters. The van der Waals surface area contributed by atoms with Gasteiger partial charge < -0.3 is 14.6 Å². The largest absolute Gasteiger partial charge is 0.484 e. The second kappa shape index (κ2) is 6.05. The van der Waals surface area contributed by atoms with Gasteiger partial charge in [0, 0.05) is 12.5 Å². The monoisotopic (exact) mass is 273 g/mol. The van der Waals surface area contributed by atoms with Gasteiger partial charge >= 0.3 is 0 Å². The van der Waals surface area contributed by atoms with E-state index in [-0.39, 0.29) is 0 Å². The molecule has 1 aromatic heterocycles. The Morgan fingerprint density at radius 2 is 2.10 bits per heavy atom. The highest BCUT2D eigenvalue weighted by atomic mass is 16.5. The summed E-state index contributed by atoms with van der Waals surface area (Å²) in [5.74, 6) is 2.70. The van der Waals surface area contributed by atoms with Crippen molar-refractivity contribution >= 4 is 0 Å². The molecule has 0 spiro atoms. The Bertz CT molecular complexity index is 547. The topological polar surface area (TPSA) is 60.2 Å². The van der Waals surface area contributed by atoms with Gasteiger partial charge in [-0.1, -0.05) is 24.2 Å². The van der Waals surface area contributed by atoms with E-state index in [1.165, 1.54) is 18.4 Å². The third kappa shape index (κ3) is 3.36. The summed E-state index contributed by atoms with van der Waals surface area (Å²) in [6, 6.07) is 8.04. The summed E-state index contributed by atoms with van der Waals surface area (Å²) in [5, 5.41) is 7.25. The number of nitrogens with zero attached hydrogens (tertiary/aromatic N) is 2. The molecule has 2 aromatic rings. The van der Waals surface area contributed by atoms with Crippen LogP contribution in [0.25, 0.3) is 0 Å². The smallest absolute Gasteiger partial charge is 0.264 e. The van der Waals surface area contributed by atoms with Crippen LogP contribution in [0.4, 0.5) is 0 Å².